The van der Waals surface area contributed by atoms with Crippen LogP contribution >= 0.6 is 0 Å². The fraction of sp³-hybridized carbons (Fsp3) is 0.308. The quantitative estimate of drug-likeness (QED) is 0.409. The number of carbonyl (C=O) groups is 1. The van der Waals surface area contributed by atoms with E-state index in [-0.39, 0.29) is 17.8 Å². The predicted molar refractivity (Wildman–Crippen MR) is 121 cm³/mol. The highest BCUT2D eigenvalue weighted by Crippen LogP contribution is 2.48. The first kappa shape index (κ1) is 20.9. The van der Waals surface area contributed by atoms with Gasteiger partial charge in [0, 0.05) is 17.2 Å². The lowest BCUT2D eigenvalue weighted by molar-refractivity contribution is 0.0723. The van der Waals surface area contributed by atoms with Gasteiger partial charge < -0.3 is 13.9 Å². The molecule has 0 saturated carbocycles. The lowest BCUT2D eigenvalue weighted by Gasteiger charge is -2.31. The Morgan fingerprint density at radius 2 is 1.84 bits per heavy atom. The first-order valence-electron chi connectivity index (χ1n) is 10.4. The van der Waals surface area contributed by atoms with E-state index in [2.05, 4.69) is 0 Å². The normalized spacial score (nSPS) is 17.8. The summed E-state index contributed by atoms with van der Waals surface area (Å²) in [5.41, 5.74) is 3.67. The molecule has 5 heteroatoms. The smallest absolute Gasteiger partial charge is 0.336 e. The Bertz CT molecular complexity index is 1250. The van der Waals surface area contributed by atoms with Gasteiger partial charge in [-0.1, -0.05) is 48.9 Å². The van der Waals surface area contributed by atoms with Crippen molar-refractivity contribution in [3.05, 3.63) is 69.6 Å². The van der Waals surface area contributed by atoms with Crippen molar-refractivity contribution in [2.75, 3.05) is 7.11 Å². The van der Waals surface area contributed by atoms with E-state index in [1.807, 2.05) is 64.1 Å². The molecule has 2 atom stereocenters. The van der Waals surface area contributed by atoms with Gasteiger partial charge in [0.25, 0.3) is 0 Å². The highest BCUT2D eigenvalue weighted by molar-refractivity contribution is 6.12. The Morgan fingerprint density at radius 3 is 2.48 bits per heavy atom. The Labute approximate surface area is 181 Å². The van der Waals surface area contributed by atoms with Gasteiger partial charge in [-0.2, -0.15) is 0 Å². The molecule has 2 unspecified atom stereocenters. The molecule has 3 aromatic rings. The molecule has 0 aliphatic carbocycles. The number of allylic oxidation sites excluding steroid dienone is 2. The van der Waals surface area contributed by atoms with E-state index in [1.165, 1.54) is 13.2 Å². The minimum Gasteiger partial charge on any atom is -0.495 e. The molecule has 0 radical (unpaired) electrons. The van der Waals surface area contributed by atoms with Crippen LogP contribution in [0.15, 0.2) is 57.3 Å². The average molecular weight is 418 g/mol. The lowest BCUT2D eigenvalue weighted by Crippen LogP contribution is -2.34. The molecule has 1 aromatic heterocycles. The fourth-order valence-electron chi connectivity index (χ4n) is 4.04. The summed E-state index contributed by atoms with van der Waals surface area (Å²) < 4.78 is 17.7. The number of ether oxygens (including phenoxy) is 2. The Balaban J connectivity index is 2.20. The number of rotatable bonds is 4. The zero-order chi connectivity index (χ0) is 22.3. The standard InChI is InChI=1S/C26H26O5/c1-14(2)11-12-18-24-21(19(13-20(27)31-24)17-9-7-6-8-10-17)26(29-5)22-23(28)15(3)16(4)30-25(18)22/h6-11,13,15-16H,12H2,1-5H3. The molecule has 1 aliphatic rings. The van der Waals surface area contributed by atoms with Crippen LogP contribution in [-0.2, 0) is 6.42 Å². The summed E-state index contributed by atoms with van der Waals surface area (Å²) >= 11 is 0. The topological polar surface area (TPSA) is 65.7 Å². The number of ketones is 1. The molecule has 0 amide bonds. The minimum absolute atomic E-state index is 0.0313. The van der Waals surface area contributed by atoms with Crippen molar-refractivity contribution in [3.63, 3.8) is 0 Å². The molecule has 0 bridgehead atoms. The molecule has 0 fully saturated rings. The van der Waals surface area contributed by atoms with Gasteiger partial charge in [0.1, 0.15) is 28.7 Å². The number of methoxy groups -OCH3 is 1. The summed E-state index contributed by atoms with van der Waals surface area (Å²) in [4.78, 5) is 26.0. The van der Waals surface area contributed by atoms with Crippen molar-refractivity contribution in [3.8, 4) is 22.6 Å². The second kappa shape index (κ2) is 8.06. The van der Waals surface area contributed by atoms with Gasteiger partial charge in [0.2, 0.25) is 0 Å². The molecule has 2 heterocycles. The minimum atomic E-state index is -0.463. The number of benzene rings is 2. The van der Waals surface area contributed by atoms with Crippen LogP contribution in [-0.4, -0.2) is 19.0 Å². The molecular formula is C26H26O5. The Hall–Kier alpha value is -3.34. The largest absolute Gasteiger partial charge is 0.495 e. The van der Waals surface area contributed by atoms with Gasteiger partial charge in [0.05, 0.1) is 18.4 Å². The molecule has 4 rings (SSSR count). The van der Waals surface area contributed by atoms with Gasteiger partial charge >= 0.3 is 5.63 Å². The molecule has 2 aromatic carbocycles. The lowest BCUT2D eigenvalue weighted by atomic mass is 9.86. The third-order valence-electron chi connectivity index (χ3n) is 5.86. The summed E-state index contributed by atoms with van der Waals surface area (Å²) in [6.45, 7) is 7.74. The van der Waals surface area contributed by atoms with Crippen LogP contribution in [0.1, 0.15) is 43.6 Å². The third kappa shape index (κ3) is 3.54. The van der Waals surface area contributed by atoms with E-state index < -0.39 is 5.63 Å². The number of hydrogen-bond acceptors (Lipinski definition) is 5. The zero-order valence-electron chi connectivity index (χ0n) is 18.4. The summed E-state index contributed by atoms with van der Waals surface area (Å²) in [6, 6.07) is 11.0. The van der Waals surface area contributed by atoms with Crippen LogP contribution in [0.3, 0.4) is 0 Å². The number of fused-ring (bicyclic) bond motifs is 2. The highest BCUT2D eigenvalue weighted by atomic mass is 16.5. The van der Waals surface area contributed by atoms with Gasteiger partial charge in [0.15, 0.2) is 5.78 Å². The van der Waals surface area contributed by atoms with E-state index in [4.69, 9.17) is 13.9 Å². The van der Waals surface area contributed by atoms with E-state index in [0.29, 0.717) is 45.6 Å². The second-order valence-electron chi connectivity index (χ2n) is 8.23. The summed E-state index contributed by atoms with van der Waals surface area (Å²) in [5, 5.41) is 0.614. The summed E-state index contributed by atoms with van der Waals surface area (Å²) in [7, 11) is 1.53. The predicted octanol–water partition coefficient (Wildman–Crippen LogP) is 5.58. The van der Waals surface area contributed by atoms with Gasteiger partial charge in [-0.15, -0.1) is 0 Å². The van der Waals surface area contributed by atoms with Gasteiger partial charge in [-0.25, -0.2) is 4.79 Å². The maximum atomic E-state index is 13.4. The number of hydrogen-bond donors (Lipinski definition) is 0. The maximum Gasteiger partial charge on any atom is 0.336 e. The monoisotopic (exact) mass is 418 g/mol. The molecule has 160 valence electrons. The number of carbonyl (C=O) groups excluding carboxylic acids is 1. The number of Topliss-reactive ketones (excluding diaryl/α,β-unsaturated/α-hetero) is 1. The maximum absolute atomic E-state index is 13.4. The van der Waals surface area contributed by atoms with E-state index in [0.717, 1.165) is 11.1 Å². The van der Waals surface area contributed by atoms with Crippen LogP contribution < -0.4 is 15.1 Å². The Morgan fingerprint density at radius 1 is 1.13 bits per heavy atom. The van der Waals surface area contributed by atoms with E-state index in [9.17, 15) is 9.59 Å². The van der Waals surface area contributed by atoms with Crippen LogP contribution in [0.4, 0.5) is 0 Å². The Kier molecular flexibility index (Phi) is 5.44. The van der Waals surface area contributed by atoms with Crippen molar-refractivity contribution in [1.82, 2.24) is 0 Å². The van der Waals surface area contributed by atoms with Crippen LogP contribution in [0.25, 0.3) is 22.1 Å². The first-order valence-corrected chi connectivity index (χ1v) is 10.4. The van der Waals surface area contributed by atoms with Crippen LogP contribution in [0.2, 0.25) is 0 Å². The molecule has 1 aliphatic heterocycles. The molecule has 31 heavy (non-hydrogen) atoms. The molecule has 0 N–H and O–H groups in total. The van der Waals surface area contributed by atoms with Crippen molar-refractivity contribution < 1.29 is 18.7 Å². The van der Waals surface area contributed by atoms with Gasteiger partial charge in [-0.3, -0.25) is 4.79 Å². The summed E-state index contributed by atoms with van der Waals surface area (Å²) in [6.07, 6.45) is 2.21. The van der Waals surface area contributed by atoms with Crippen molar-refractivity contribution in [2.24, 2.45) is 5.92 Å². The van der Waals surface area contributed by atoms with E-state index >= 15 is 0 Å². The molecule has 5 nitrogen and oxygen atoms in total. The third-order valence-corrected chi connectivity index (χ3v) is 5.86. The molecule has 0 spiro atoms. The van der Waals surface area contributed by atoms with Crippen molar-refractivity contribution in [2.45, 2.75) is 40.2 Å². The first-order chi connectivity index (χ1) is 14.8. The second-order valence-corrected chi connectivity index (χ2v) is 8.23. The fourth-order valence-corrected chi connectivity index (χ4v) is 4.04. The van der Waals surface area contributed by atoms with Crippen molar-refractivity contribution >= 4 is 16.8 Å². The molecular weight excluding hydrogens is 392 g/mol. The van der Waals surface area contributed by atoms with Crippen molar-refractivity contribution in [1.29, 1.82) is 0 Å². The zero-order valence-corrected chi connectivity index (χ0v) is 18.4. The highest BCUT2D eigenvalue weighted by Gasteiger charge is 2.38. The summed E-state index contributed by atoms with van der Waals surface area (Å²) in [5.74, 6) is 0.491. The average Bonchev–Trinajstić information content (AvgIpc) is 2.75. The van der Waals surface area contributed by atoms with Gasteiger partial charge in [-0.05, 0) is 32.8 Å². The SMILES string of the molecule is COc1c2c(c(CC=C(C)C)c3oc(=O)cc(-c4ccccc4)c13)OC(C)C(C)C2=O. The van der Waals surface area contributed by atoms with Crippen LogP contribution in [0.5, 0.6) is 11.5 Å². The van der Waals surface area contributed by atoms with Crippen LogP contribution in [0, 0.1) is 5.92 Å². The molecule has 0 saturated heterocycles. The van der Waals surface area contributed by atoms with E-state index in [1.54, 1.807) is 0 Å².